The summed E-state index contributed by atoms with van der Waals surface area (Å²) in [5.41, 5.74) is 0.506. The summed E-state index contributed by atoms with van der Waals surface area (Å²) >= 11 is 0. The molecule has 1 aliphatic carbocycles. The summed E-state index contributed by atoms with van der Waals surface area (Å²) in [5.74, 6) is 0.841. The first kappa shape index (κ1) is 24.7. The Hall–Kier alpha value is -3.31. The van der Waals surface area contributed by atoms with Crippen molar-refractivity contribution < 1.29 is 22.7 Å². The first-order valence-corrected chi connectivity index (χ1v) is 13.3. The first-order valence-electron chi connectivity index (χ1n) is 13.3. The highest BCUT2D eigenvalue weighted by Crippen LogP contribution is 2.52. The molecule has 0 N–H and O–H groups in total. The number of ether oxygens (including phenoxy) is 1. The third-order valence-electron chi connectivity index (χ3n) is 8.87. The predicted octanol–water partition coefficient (Wildman–Crippen LogP) is 4.08. The lowest BCUT2D eigenvalue weighted by molar-refractivity contribution is -0.138. The summed E-state index contributed by atoms with van der Waals surface area (Å²) in [5, 5.41) is 8.46. The summed E-state index contributed by atoms with van der Waals surface area (Å²) in [6, 6.07) is 8.86. The maximum Gasteiger partial charge on any atom is 0.416 e. The molecule has 1 aromatic carbocycles. The number of carbonyl (C=O) groups is 1. The Morgan fingerprint density at radius 2 is 2.03 bits per heavy atom. The van der Waals surface area contributed by atoms with Crippen LogP contribution >= 0.6 is 0 Å². The lowest BCUT2D eigenvalue weighted by Gasteiger charge is -2.46. The molecule has 2 atom stereocenters. The number of benzene rings is 1. The monoisotopic (exact) mass is 538 g/mol. The fourth-order valence-electron chi connectivity index (χ4n) is 7.11. The number of anilines is 1. The summed E-state index contributed by atoms with van der Waals surface area (Å²) in [4.78, 5) is 21.6. The van der Waals surface area contributed by atoms with Crippen LogP contribution in [0.15, 0.2) is 36.7 Å². The molecule has 0 radical (unpaired) electrons. The largest absolute Gasteiger partial charge is 0.416 e. The molecule has 0 spiro atoms. The zero-order chi connectivity index (χ0) is 27.1. The van der Waals surface area contributed by atoms with Gasteiger partial charge in [0.25, 0.3) is 5.91 Å². The molecule has 2 aromatic heterocycles. The third-order valence-corrected chi connectivity index (χ3v) is 8.87. The number of amides is 1. The molecule has 4 aliphatic rings. The van der Waals surface area contributed by atoms with E-state index < -0.39 is 17.6 Å². The van der Waals surface area contributed by atoms with Gasteiger partial charge >= 0.3 is 6.18 Å². The first-order chi connectivity index (χ1) is 18.6. The van der Waals surface area contributed by atoms with Crippen molar-refractivity contribution in [1.29, 1.82) is 0 Å². The van der Waals surface area contributed by atoms with Crippen LogP contribution in [0.25, 0.3) is 0 Å². The number of pyridine rings is 1. The van der Waals surface area contributed by atoms with Gasteiger partial charge in [0.15, 0.2) is 0 Å². The number of alkyl halides is 3. The Bertz CT molecular complexity index is 1460. The van der Waals surface area contributed by atoms with Crippen molar-refractivity contribution in [2.24, 2.45) is 13.0 Å². The minimum atomic E-state index is -4.59. The maximum atomic E-state index is 14.2. The van der Waals surface area contributed by atoms with Gasteiger partial charge in [-0.3, -0.25) is 9.69 Å². The second kappa shape index (κ2) is 8.59. The van der Waals surface area contributed by atoms with Crippen LogP contribution in [-0.2, 0) is 36.5 Å². The minimum Gasteiger partial charge on any atom is -0.375 e. The molecule has 11 heteroatoms. The molecular weight excluding hydrogens is 509 g/mol. The Balaban J connectivity index is 1.23. The summed E-state index contributed by atoms with van der Waals surface area (Å²) in [6.45, 7) is 3.53. The fraction of sp³-hybridized carbons (Fsp3) is 0.500. The van der Waals surface area contributed by atoms with Crippen molar-refractivity contribution in [2.75, 3.05) is 18.1 Å². The molecule has 1 amide bonds. The van der Waals surface area contributed by atoms with Crippen LogP contribution in [0.3, 0.4) is 0 Å². The van der Waals surface area contributed by atoms with E-state index in [2.05, 4.69) is 27.0 Å². The molecule has 7 rings (SSSR count). The minimum absolute atomic E-state index is 0.0618. The predicted molar refractivity (Wildman–Crippen MR) is 135 cm³/mol. The fourth-order valence-corrected chi connectivity index (χ4v) is 7.11. The molecule has 3 aromatic rings. The molecule has 204 valence electrons. The Morgan fingerprint density at radius 1 is 1.21 bits per heavy atom. The molecule has 1 saturated carbocycles. The van der Waals surface area contributed by atoms with E-state index >= 15 is 0 Å². The van der Waals surface area contributed by atoms with E-state index in [1.807, 2.05) is 29.8 Å². The molecular formula is C28H29F3N6O2. The van der Waals surface area contributed by atoms with Gasteiger partial charge in [-0.05, 0) is 48.9 Å². The normalized spacial score (nSPS) is 28.3. The average Bonchev–Trinajstić information content (AvgIpc) is 3.67. The van der Waals surface area contributed by atoms with Gasteiger partial charge in [0, 0.05) is 37.4 Å². The second-order valence-electron chi connectivity index (χ2n) is 11.6. The number of aryl methyl sites for hydroxylation is 1. The van der Waals surface area contributed by atoms with E-state index in [0.717, 1.165) is 36.7 Å². The number of morpholine rings is 1. The number of hydrogen-bond donors (Lipinski definition) is 0. The number of rotatable bonds is 5. The molecule has 2 bridgehead atoms. The molecule has 2 saturated heterocycles. The van der Waals surface area contributed by atoms with E-state index in [-0.39, 0.29) is 47.6 Å². The number of hydrogen-bond acceptors (Lipinski definition) is 6. The number of carbonyl (C=O) groups excluding carboxylic acids is 1. The Labute approximate surface area is 223 Å². The molecule has 3 fully saturated rings. The van der Waals surface area contributed by atoms with Crippen molar-refractivity contribution in [3.05, 3.63) is 70.6 Å². The standard InChI is InChI=1S/C28H29F3N6O2/c1-16-9-27(10-16,26-34-32-15-35(26)2)17-4-3-5-19(6-17)37-13-22-23(28(29,30)31)7-18(33-24(22)25(37)38)11-36-12-21-8-20(36)14-39-21/h3-7,15-16,20-21H,8-14H2,1-2H3. The number of fused-ring (bicyclic) bond motifs is 3. The van der Waals surface area contributed by atoms with E-state index in [1.165, 1.54) is 4.90 Å². The van der Waals surface area contributed by atoms with Crippen molar-refractivity contribution in [1.82, 2.24) is 24.6 Å². The number of nitrogens with zero attached hydrogens (tertiary/aromatic N) is 6. The van der Waals surface area contributed by atoms with Gasteiger partial charge in [-0.1, -0.05) is 19.1 Å². The van der Waals surface area contributed by atoms with Crippen LogP contribution in [0.2, 0.25) is 0 Å². The maximum absolute atomic E-state index is 14.2. The number of likely N-dealkylation sites (tertiary alicyclic amines) is 1. The molecule has 5 heterocycles. The van der Waals surface area contributed by atoms with Gasteiger partial charge in [0.1, 0.15) is 17.8 Å². The highest BCUT2D eigenvalue weighted by Gasteiger charge is 2.49. The van der Waals surface area contributed by atoms with Gasteiger partial charge in [-0.2, -0.15) is 13.2 Å². The quantitative estimate of drug-likeness (QED) is 0.488. The lowest BCUT2D eigenvalue weighted by Crippen LogP contribution is -2.43. The third kappa shape index (κ3) is 3.88. The Kier molecular flexibility index (Phi) is 5.44. The van der Waals surface area contributed by atoms with Crippen LogP contribution in [0.1, 0.15) is 64.9 Å². The summed E-state index contributed by atoms with van der Waals surface area (Å²) in [6.07, 6.45) is -0.154. The van der Waals surface area contributed by atoms with Gasteiger partial charge < -0.3 is 14.2 Å². The SMILES string of the molecule is CC1CC(c2cccc(N3Cc4c(C(F)(F)F)cc(CN5CC6CC5CO6)nc4C3=O)c2)(c2nncn2C)C1. The van der Waals surface area contributed by atoms with Crippen molar-refractivity contribution >= 4 is 11.6 Å². The van der Waals surface area contributed by atoms with Crippen LogP contribution in [-0.4, -0.2) is 55.9 Å². The van der Waals surface area contributed by atoms with E-state index in [9.17, 15) is 18.0 Å². The highest BCUT2D eigenvalue weighted by atomic mass is 19.4. The van der Waals surface area contributed by atoms with E-state index in [4.69, 9.17) is 4.74 Å². The smallest absolute Gasteiger partial charge is 0.375 e. The van der Waals surface area contributed by atoms with E-state index in [1.54, 1.807) is 12.4 Å². The van der Waals surface area contributed by atoms with Gasteiger partial charge in [0.2, 0.25) is 0 Å². The summed E-state index contributed by atoms with van der Waals surface area (Å²) in [7, 11) is 1.91. The van der Waals surface area contributed by atoms with Gasteiger partial charge in [-0.25, -0.2) is 4.98 Å². The Morgan fingerprint density at radius 3 is 2.67 bits per heavy atom. The zero-order valence-corrected chi connectivity index (χ0v) is 21.8. The van der Waals surface area contributed by atoms with Crippen molar-refractivity contribution in [3.8, 4) is 0 Å². The van der Waals surface area contributed by atoms with Crippen LogP contribution in [0.4, 0.5) is 18.9 Å². The average molecular weight is 539 g/mol. The van der Waals surface area contributed by atoms with Crippen LogP contribution < -0.4 is 4.90 Å². The van der Waals surface area contributed by atoms with Crippen molar-refractivity contribution in [3.63, 3.8) is 0 Å². The lowest BCUT2D eigenvalue weighted by atomic mass is 9.58. The van der Waals surface area contributed by atoms with Crippen LogP contribution in [0, 0.1) is 5.92 Å². The number of halogens is 3. The number of aromatic nitrogens is 4. The highest BCUT2D eigenvalue weighted by molar-refractivity contribution is 6.09. The topological polar surface area (TPSA) is 76.4 Å². The molecule has 2 unspecified atom stereocenters. The molecule has 39 heavy (non-hydrogen) atoms. The van der Waals surface area contributed by atoms with Gasteiger partial charge in [-0.15, -0.1) is 10.2 Å². The zero-order valence-electron chi connectivity index (χ0n) is 21.8. The van der Waals surface area contributed by atoms with Crippen LogP contribution in [0.5, 0.6) is 0 Å². The van der Waals surface area contributed by atoms with Gasteiger partial charge in [0.05, 0.1) is 35.9 Å². The molecule has 8 nitrogen and oxygen atoms in total. The van der Waals surface area contributed by atoms with E-state index in [0.29, 0.717) is 24.8 Å². The molecule has 3 aliphatic heterocycles. The van der Waals surface area contributed by atoms with Crippen molar-refractivity contribution in [2.45, 2.75) is 63.0 Å². The summed E-state index contributed by atoms with van der Waals surface area (Å²) < 4.78 is 50.3. The second-order valence-corrected chi connectivity index (χ2v) is 11.6.